The molecule has 2 bridgehead atoms. The third-order valence-corrected chi connectivity index (χ3v) is 4.05. The van der Waals surface area contributed by atoms with Crippen LogP contribution in [0.5, 0.6) is 0 Å². The standard InChI is InChI=1S/C12H13Cl/c1-7-2-3-9-8-5-11(10(9)4-7)12(13)6-8/h2-4,8,11-12H,5-6H2,1H3. The zero-order valence-electron chi connectivity index (χ0n) is 7.76. The quantitative estimate of drug-likeness (QED) is 0.552. The van der Waals surface area contributed by atoms with E-state index in [4.69, 9.17) is 11.6 Å². The number of benzene rings is 1. The molecule has 1 aromatic rings. The molecule has 13 heavy (non-hydrogen) atoms. The first kappa shape index (κ1) is 7.87. The summed E-state index contributed by atoms with van der Waals surface area (Å²) >= 11 is 6.29. The number of halogens is 1. The van der Waals surface area contributed by atoms with Crippen molar-refractivity contribution in [1.29, 1.82) is 0 Å². The molecule has 0 N–H and O–H groups in total. The van der Waals surface area contributed by atoms with Crippen molar-refractivity contribution in [3.05, 3.63) is 34.9 Å². The van der Waals surface area contributed by atoms with Crippen molar-refractivity contribution in [3.63, 3.8) is 0 Å². The summed E-state index contributed by atoms with van der Waals surface area (Å²) < 4.78 is 0. The average molecular weight is 193 g/mol. The van der Waals surface area contributed by atoms with Crippen LogP contribution in [0.4, 0.5) is 0 Å². The second kappa shape index (κ2) is 2.51. The molecule has 0 nitrogen and oxygen atoms in total. The first-order chi connectivity index (χ1) is 6.25. The molecule has 68 valence electrons. The Morgan fingerprint density at radius 2 is 2.08 bits per heavy atom. The fraction of sp³-hybridized carbons (Fsp3) is 0.500. The molecular weight excluding hydrogens is 180 g/mol. The summed E-state index contributed by atoms with van der Waals surface area (Å²) in [5.74, 6) is 1.42. The van der Waals surface area contributed by atoms with Crippen LogP contribution in [0.25, 0.3) is 0 Å². The second-order valence-electron chi connectivity index (χ2n) is 4.42. The highest BCUT2D eigenvalue weighted by molar-refractivity contribution is 6.21. The number of alkyl halides is 1. The van der Waals surface area contributed by atoms with E-state index in [9.17, 15) is 0 Å². The molecule has 1 heteroatoms. The number of aryl methyl sites for hydroxylation is 1. The van der Waals surface area contributed by atoms with E-state index in [1.54, 1.807) is 5.56 Å². The van der Waals surface area contributed by atoms with E-state index in [0.29, 0.717) is 11.3 Å². The van der Waals surface area contributed by atoms with Crippen molar-refractivity contribution >= 4 is 11.6 Å². The van der Waals surface area contributed by atoms with Crippen molar-refractivity contribution in [3.8, 4) is 0 Å². The van der Waals surface area contributed by atoms with Crippen LogP contribution in [-0.2, 0) is 0 Å². The van der Waals surface area contributed by atoms with Gasteiger partial charge in [-0.1, -0.05) is 23.8 Å². The molecule has 3 atom stereocenters. The normalized spacial score (nSPS) is 35.1. The van der Waals surface area contributed by atoms with Crippen LogP contribution in [0.15, 0.2) is 18.2 Å². The summed E-state index contributed by atoms with van der Waals surface area (Å²) in [6, 6.07) is 6.86. The number of hydrogen-bond acceptors (Lipinski definition) is 0. The van der Waals surface area contributed by atoms with E-state index in [1.165, 1.54) is 24.0 Å². The van der Waals surface area contributed by atoms with Gasteiger partial charge in [0.05, 0.1) is 0 Å². The summed E-state index contributed by atoms with van der Waals surface area (Å²) in [6.45, 7) is 2.16. The third kappa shape index (κ3) is 0.985. The summed E-state index contributed by atoms with van der Waals surface area (Å²) in [5, 5.41) is 0.402. The number of fused-ring (bicyclic) bond motifs is 5. The van der Waals surface area contributed by atoms with Gasteiger partial charge < -0.3 is 0 Å². The minimum Gasteiger partial charge on any atom is -0.122 e. The van der Waals surface area contributed by atoms with Gasteiger partial charge in [0.1, 0.15) is 0 Å². The lowest BCUT2D eigenvalue weighted by molar-refractivity contribution is 0.725. The Bertz CT molecular complexity index is 356. The SMILES string of the molecule is Cc1ccc2c(c1)C1CC2CC1Cl. The van der Waals surface area contributed by atoms with Crippen molar-refractivity contribution in [1.82, 2.24) is 0 Å². The van der Waals surface area contributed by atoms with E-state index >= 15 is 0 Å². The minimum absolute atomic E-state index is 0.402. The maximum absolute atomic E-state index is 6.29. The van der Waals surface area contributed by atoms with Crippen molar-refractivity contribution in [2.45, 2.75) is 37.0 Å². The van der Waals surface area contributed by atoms with E-state index < -0.39 is 0 Å². The molecule has 3 unspecified atom stereocenters. The first-order valence-corrected chi connectivity index (χ1v) is 5.44. The maximum Gasteiger partial charge on any atom is 0.0410 e. The van der Waals surface area contributed by atoms with Gasteiger partial charge >= 0.3 is 0 Å². The van der Waals surface area contributed by atoms with Gasteiger partial charge in [-0.2, -0.15) is 0 Å². The molecule has 3 rings (SSSR count). The van der Waals surface area contributed by atoms with Gasteiger partial charge in [0.25, 0.3) is 0 Å². The van der Waals surface area contributed by atoms with Crippen LogP contribution in [0, 0.1) is 6.92 Å². The third-order valence-electron chi connectivity index (χ3n) is 3.57. The topological polar surface area (TPSA) is 0 Å². The fourth-order valence-electron chi connectivity index (χ4n) is 2.95. The van der Waals surface area contributed by atoms with Crippen molar-refractivity contribution < 1.29 is 0 Å². The monoisotopic (exact) mass is 192 g/mol. The molecule has 1 fully saturated rings. The Hall–Kier alpha value is -0.490. The van der Waals surface area contributed by atoms with Gasteiger partial charge in [0.15, 0.2) is 0 Å². The Balaban J connectivity index is 2.16. The van der Waals surface area contributed by atoms with Gasteiger partial charge in [-0.15, -0.1) is 11.6 Å². The molecule has 2 aliphatic rings. The van der Waals surface area contributed by atoms with Crippen molar-refractivity contribution in [2.24, 2.45) is 0 Å². The van der Waals surface area contributed by atoms with E-state index in [1.807, 2.05) is 0 Å². The zero-order valence-corrected chi connectivity index (χ0v) is 8.51. The van der Waals surface area contributed by atoms with Crippen molar-refractivity contribution in [2.75, 3.05) is 0 Å². The first-order valence-electron chi connectivity index (χ1n) is 5.00. The summed E-state index contributed by atoms with van der Waals surface area (Å²) in [5.41, 5.74) is 4.49. The molecule has 0 aromatic heterocycles. The van der Waals surface area contributed by atoms with Crippen LogP contribution in [0.1, 0.15) is 41.4 Å². The number of hydrogen-bond donors (Lipinski definition) is 0. The lowest BCUT2D eigenvalue weighted by Gasteiger charge is -2.19. The average Bonchev–Trinajstić information content (AvgIpc) is 2.60. The smallest absolute Gasteiger partial charge is 0.0410 e. The maximum atomic E-state index is 6.29. The predicted octanol–water partition coefficient (Wildman–Crippen LogP) is 3.58. The Labute approximate surface area is 83.9 Å². The molecule has 0 saturated heterocycles. The van der Waals surface area contributed by atoms with Gasteiger partial charge in [-0.05, 0) is 36.8 Å². The van der Waals surface area contributed by atoms with Crippen LogP contribution in [0.3, 0.4) is 0 Å². The van der Waals surface area contributed by atoms with Crippen LogP contribution in [0.2, 0.25) is 0 Å². The molecule has 2 aliphatic carbocycles. The van der Waals surface area contributed by atoms with Crippen LogP contribution < -0.4 is 0 Å². The summed E-state index contributed by atoms with van der Waals surface area (Å²) in [7, 11) is 0. The van der Waals surface area contributed by atoms with Gasteiger partial charge in [-0.3, -0.25) is 0 Å². The van der Waals surface area contributed by atoms with E-state index in [0.717, 1.165) is 5.92 Å². The highest BCUT2D eigenvalue weighted by Crippen LogP contribution is 2.54. The van der Waals surface area contributed by atoms with Gasteiger partial charge in [0.2, 0.25) is 0 Å². The van der Waals surface area contributed by atoms with Gasteiger partial charge in [-0.25, -0.2) is 0 Å². The summed E-state index contributed by atoms with van der Waals surface area (Å²) in [6.07, 6.45) is 2.50. The molecule has 0 spiro atoms. The minimum atomic E-state index is 0.402. The molecule has 0 heterocycles. The molecule has 0 radical (unpaired) electrons. The molecule has 0 aliphatic heterocycles. The second-order valence-corrected chi connectivity index (χ2v) is 4.98. The Morgan fingerprint density at radius 1 is 1.23 bits per heavy atom. The number of rotatable bonds is 0. The molecule has 1 saturated carbocycles. The summed E-state index contributed by atoms with van der Waals surface area (Å²) in [4.78, 5) is 0. The zero-order chi connectivity index (χ0) is 9.00. The van der Waals surface area contributed by atoms with E-state index in [-0.39, 0.29) is 0 Å². The van der Waals surface area contributed by atoms with Gasteiger partial charge in [0, 0.05) is 11.3 Å². The van der Waals surface area contributed by atoms with Crippen LogP contribution in [-0.4, -0.2) is 5.38 Å². The molecular formula is C12H13Cl. The molecule has 1 aromatic carbocycles. The van der Waals surface area contributed by atoms with E-state index in [2.05, 4.69) is 25.1 Å². The highest BCUT2D eigenvalue weighted by Gasteiger charge is 2.42. The lowest BCUT2D eigenvalue weighted by atomic mass is 9.90. The van der Waals surface area contributed by atoms with Crippen LogP contribution >= 0.6 is 11.6 Å². The molecule has 0 amide bonds. The largest absolute Gasteiger partial charge is 0.122 e. The highest BCUT2D eigenvalue weighted by atomic mass is 35.5. The fourth-order valence-corrected chi connectivity index (χ4v) is 3.40. The Morgan fingerprint density at radius 3 is 2.92 bits per heavy atom. The lowest BCUT2D eigenvalue weighted by Crippen LogP contribution is -2.09. The predicted molar refractivity (Wildman–Crippen MR) is 55.5 cm³/mol. The Kier molecular flexibility index (Phi) is 1.52.